The van der Waals surface area contributed by atoms with Gasteiger partial charge < -0.3 is 52.2 Å². The van der Waals surface area contributed by atoms with Crippen LogP contribution in [0.25, 0.3) is 43.6 Å². The van der Waals surface area contributed by atoms with Crippen LogP contribution in [0.15, 0.2) is 212 Å². The number of fused-ring (bicyclic) bond motifs is 11. The van der Waals surface area contributed by atoms with Gasteiger partial charge in [0, 0.05) is 27.6 Å². The molecule has 0 spiro atoms. The van der Waals surface area contributed by atoms with Crippen LogP contribution in [0, 0.1) is 0 Å². The summed E-state index contributed by atoms with van der Waals surface area (Å²) < 4.78 is 63.1. The predicted molar refractivity (Wildman–Crippen MR) is 317 cm³/mol. The second-order valence-electron chi connectivity index (χ2n) is 21.3. The topological polar surface area (TPSA) is 141 Å². The Hall–Kier alpha value is -9.12. The van der Waals surface area contributed by atoms with Gasteiger partial charge >= 0.3 is 0 Å². The molecule has 3 aliphatic heterocycles. The maximum atomic E-state index is 15.7. The summed E-state index contributed by atoms with van der Waals surface area (Å²) in [7, 11) is 0. The van der Waals surface area contributed by atoms with Crippen LogP contribution in [-0.2, 0) is 68.1 Å². The fourth-order valence-electron chi connectivity index (χ4n) is 11.9. The highest BCUT2D eigenvalue weighted by Crippen LogP contribution is 2.50. The minimum absolute atomic E-state index is 0.0400. The molecule has 5 unspecified atom stereocenters. The highest BCUT2D eigenvalue weighted by molar-refractivity contribution is 6.39. The summed E-state index contributed by atoms with van der Waals surface area (Å²) in [4.78, 5) is 36.1. The van der Waals surface area contributed by atoms with Crippen molar-refractivity contribution < 1.29 is 52.2 Å². The van der Waals surface area contributed by atoms with Crippen molar-refractivity contribution in [1.29, 1.82) is 0 Å². The quantitative estimate of drug-likeness (QED) is 0.0687. The maximum Gasteiger partial charge on any atom is 0.264 e. The van der Waals surface area contributed by atoms with Crippen molar-refractivity contribution in [1.82, 2.24) is 14.5 Å². The van der Waals surface area contributed by atoms with E-state index in [4.69, 9.17) is 42.6 Å². The third-order valence-electron chi connectivity index (χ3n) is 15.9. The summed E-state index contributed by atoms with van der Waals surface area (Å²) in [6.07, 6.45) is -4.27. The number of nitrogens with zero attached hydrogens (tertiary/aromatic N) is 2. The molecule has 3 aliphatic rings. The summed E-state index contributed by atoms with van der Waals surface area (Å²) in [6, 6.07) is 69.3. The molecule has 0 aliphatic carbocycles. The van der Waals surface area contributed by atoms with Crippen molar-refractivity contribution in [3.63, 3.8) is 0 Å². The van der Waals surface area contributed by atoms with Gasteiger partial charge in [0.1, 0.15) is 43.5 Å². The molecule has 1 fully saturated rings. The Kier molecular flexibility index (Phi) is 14.9. The van der Waals surface area contributed by atoms with Gasteiger partial charge in [-0.3, -0.25) is 9.59 Å². The fraction of sp³-hybridized carbons (Fsp3) is 0.200. The molecular weight excluding hydrogens is 1060 g/mol. The zero-order valence-corrected chi connectivity index (χ0v) is 45.8. The second-order valence-corrected chi connectivity index (χ2v) is 21.3. The molecule has 0 bridgehead atoms. The standard InChI is InChI=1S/C70H59N3O11/c74-68-61-59-52-34-56-57(83-44-82-56)35-54(52)71-63(59)64-60(62(61)69(75)72(68)43-77-37-46-21-9-2-10-22-46)53-33-51(78-38-47-23-11-3-12-24-47)31-32-55(53)73(64)70-67(81-41-50-29-17-6-18-30-50)66(80-40-49-27-15-5-16-28-49)65(79-39-48-25-13-4-14-26-48)58(84-70)42-76-36-45-19-7-1-8-20-45/h1-35,58,65-67,70-71H,36-44H2. The Morgan fingerprint density at radius 3 is 1.54 bits per heavy atom. The van der Waals surface area contributed by atoms with Gasteiger partial charge in [0.2, 0.25) is 6.79 Å². The van der Waals surface area contributed by atoms with E-state index in [0.29, 0.717) is 67.5 Å². The number of aromatic amines is 1. The molecule has 14 heteroatoms. The van der Waals surface area contributed by atoms with Crippen LogP contribution in [0.3, 0.4) is 0 Å². The van der Waals surface area contributed by atoms with Crippen molar-refractivity contribution in [2.45, 2.75) is 70.3 Å². The number of benzene rings is 9. The lowest BCUT2D eigenvalue weighted by molar-refractivity contribution is -0.288. The van der Waals surface area contributed by atoms with Gasteiger partial charge in [-0.15, -0.1) is 0 Å². The lowest BCUT2D eigenvalue weighted by Crippen LogP contribution is -2.59. The highest BCUT2D eigenvalue weighted by atomic mass is 16.7. The molecule has 5 atom stereocenters. The van der Waals surface area contributed by atoms with E-state index >= 15 is 9.59 Å². The largest absolute Gasteiger partial charge is 0.489 e. The van der Waals surface area contributed by atoms with Crippen LogP contribution >= 0.6 is 0 Å². The number of nitrogens with one attached hydrogen (secondary N) is 1. The summed E-state index contributed by atoms with van der Waals surface area (Å²) >= 11 is 0. The molecule has 2 aromatic heterocycles. The average molecular weight is 1120 g/mol. The Labute approximate surface area is 484 Å². The molecule has 1 saturated heterocycles. The van der Waals surface area contributed by atoms with Crippen molar-refractivity contribution in [3.05, 3.63) is 257 Å². The molecule has 14 nitrogen and oxygen atoms in total. The van der Waals surface area contributed by atoms with Crippen LogP contribution in [0.5, 0.6) is 17.2 Å². The Balaban J connectivity index is 0.999. The third kappa shape index (κ3) is 10.4. The number of carbonyl (C=O) groups excluding carboxylic acids is 2. The molecule has 420 valence electrons. The number of amides is 2. The van der Waals surface area contributed by atoms with Gasteiger partial charge in [-0.1, -0.05) is 182 Å². The monoisotopic (exact) mass is 1120 g/mol. The van der Waals surface area contributed by atoms with Crippen LogP contribution in [0.4, 0.5) is 0 Å². The molecule has 2 amide bonds. The lowest BCUT2D eigenvalue weighted by atomic mass is 9.95. The van der Waals surface area contributed by atoms with Gasteiger partial charge in [0.15, 0.2) is 17.7 Å². The summed E-state index contributed by atoms with van der Waals surface area (Å²) in [5, 5.41) is 2.35. The number of carbonyl (C=O) groups is 2. The zero-order valence-electron chi connectivity index (χ0n) is 45.8. The predicted octanol–water partition coefficient (Wildman–Crippen LogP) is 13.4. The van der Waals surface area contributed by atoms with E-state index in [0.717, 1.165) is 33.4 Å². The minimum atomic E-state index is -1.02. The van der Waals surface area contributed by atoms with E-state index < -0.39 is 42.5 Å². The van der Waals surface area contributed by atoms with E-state index in [1.807, 2.05) is 212 Å². The lowest BCUT2D eigenvalue weighted by Gasteiger charge is -2.47. The fourth-order valence-corrected chi connectivity index (χ4v) is 11.9. The van der Waals surface area contributed by atoms with Crippen molar-refractivity contribution >= 4 is 55.4 Å². The number of hydrogen-bond acceptors (Lipinski definition) is 11. The third-order valence-corrected chi connectivity index (χ3v) is 15.9. The Morgan fingerprint density at radius 2 is 0.964 bits per heavy atom. The molecular formula is C70H59N3O11. The smallest absolute Gasteiger partial charge is 0.264 e. The number of H-pyrrole nitrogens is 1. The van der Waals surface area contributed by atoms with Crippen molar-refractivity contribution in [2.24, 2.45) is 0 Å². The first-order valence-electron chi connectivity index (χ1n) is 28.3. The van der Waals surface area contributed by atoms with Crippen LogP contribution in [0.2, 0.25) is 0 Å². The number of imide groups is 1. The molecule has 5 heterocycles. The molecule has 9 aromatic carbocycles. The average Bonchev–Trinajstić information content (AvgIpc) is 1.61. The van der Waals surface area contributed by atoms with Crippen molar-refractivity contribution in [2.75, 3.05) is 20.1 Å². The van der Waals surface area contributed by atoms with Crippen LogP contribution < -0.4 is 14.2 Å². The van der Waals surface area contributed by atoms with E-state index in [-0.39, 0.29) is 64.3 Å². The van der Waals surface area contributed by atoms with E-state index in [2.05, 4.69) is 9.55 Å². The number of hydrogen-bond donors (Lipinski definition) is 1. The molecule has 11 aromatic rings. The summed E-state index contributed by atoms with van der Waals surface area (Å²) in [6.45, 7) is 1.26. The molecule has 84 heavy (non-hydrogen) atoms. The SMILES string of the molecule is O=C1c2c(c3c4cc(OCc5ccccc5)ccc4n(C4OC(COCc5ccccc5)C(OCc5ccccc5)C(OCc5ccccc5)C4OCc4ccccc4)c3c3[nH]c4cc5c(cc4c23)OCO5)C(=O)N1COCc1ccccc1. The first kappa shape index (κ1) is 52.9. The van der Waals surface area contributed by atoms with E-state index in [1.54, 1.807) is 0 Å². The molecule has 0 saturated carbocycles. The van der Waals surface area contributed by atoms with E-state index in [9.17, 15) is 0 Å². The summed E-state index contributed by atoms with van der Waals surface area (Å²) in [5.41, 5.74) is 8.68. The van der Waals surface area contributed by atoms with E-state index in [1.165, 1.54) is 4.90 Å². The number of aromatic nitrogens is 2. The highest BCUT2D eigenvalue weighted by Gasteiger charge is 2.51. The Morgan fingerprint density at radius 1 is 0.476 bits per heavy atom. The number of ether oxygens (including phenoxy) is 9. The van der Waals surface area contributed by atoms with Gasteiger partial charge in [0.25, 0.3) is 11.8 Å². The first-order valence-corrected chi connectivity index (χ1v) is 28.3. The zero-order chi connectivity index (χ0) is 56.3. The number of rotatable bonds is 21. The van der Waals surface area contributed by atoms with Crippen molar-refractivity contribution in [3.8, 4) is 17.2 Å². The molecule has 0 radical (unpaired) electrons. The summed E-state index contributed by atoms with van der Waals surface area (Å²) in [5.74, 6) is 0.609. The molecule has 14 rings (SSSR count). The second kappa shape index (κ2) is 23.6. The van der Waals surface area contributed by atoms with Gasteiger partial charge in [0.05, 0.1) is 72.8 Å². The maximum absolute atomic E-state index is 15.7. The first-order chi connectivity index (χ1) is 41.5. The molecule has 1 N–H and O–H groups in total. The van der Waals surface area contributed by atoms with Crippen LogP contribution in [-0.4, -0.2) is 70.8 Å². The normalized spacial score (nSPS) is 18.4. The van der Waals surface area contributed by atoms with Crippen LogP contribution in [0.1, 0.15) is 60.3 Å². The van der Waals surface area contributed by atoms with Gasteiger partial charge in [-0.2, -0.15) is 0 Å². The minimum Gasteiger partial charge on any atom is -0.489 e. The van der Waals surface area contributed by atoms with Gasteiger partial charge in [-0.25, -0.2) is 4.90 Å². The van der Waals surface area contributed by atoms with Gasteiger partial charge in [-0.05, 0) is 57.6 Å². The Bertz CT molecular complexity index is 4130.